The zero-order chi connectivity index (χ0) is 30.8. The first-order chi connectivity index (χ1) is 19.6. The zero-order valence-electron chi connectivity index (χ0n) is 25.0. The van der Waals surface area contributed by atoms with E-state index in [-0.39, 0.29) is 138 Å². The molecular formula is C23H29Br2FK2N4O11. The van der Waals surface area contributed by atoms with Gasteiger partial charge in [-0.15, -0.1) is 0 Å². The molecule has 2 aromatic rings. The van der Waals surface area contributed by atoms with Crippen LogP contribution in [-0.4, -0.2) is 83.1 Å². The predicted molar refractivity (Wildman–Crippen MR) is 150 cm³/mol. The number of carbonyl (C=O) groups excluding carboxylic acids is 1. The topological polar surface area (TPSA) is 188 Å². The summed E-state index contributed by atoms with van der Waals surface area (Å²) in [5, 5.41) is 32.9. The third kappa shape index (κ3) is 17.0. The van der Waals surface area contributed by atoms with Gasteiger partial charge in [0, 0.05) is 54.9 Å². The maximum atomic E-state index is 12.9. The molecule has 230 valence electrons. The monoisotopic (exact) mass is 792 g/mol. The summed E-state index contributed by atoms with van der Waals surface area (Å²) in [5.41, 5.74) is 0.581. The van der Waals surface area contributed by atoms with Gasteiger partial charge in [-0.3, -0.25) is 25.0 Å². The molecule has 0 unspecified atom stereocenters. The average molecular weight is 795 g/mol. The van der Waals surface area contributed by atoms with Crippen LogP contribution < -0.4 is 128 Å². The second kappa shape index (κ2) is 26.2. The first-order valence-corrected chi connectivity index (χ1v) is 13.2. The molecule has 20 heteroatoms. The fourth-order valence-corrected chi connectivity index (χ4v) is 4.14. The molecule has 0 atom stereocenters. The van der Waals surface area contributed by atoms with Crippen LogP contribution in [0.2, 0.25) is 0 Å². The van der Waals surface area contributed by atoms with E-state index in [9.17, 15) is 24.6 Å². The van der Waals surface area contributed by atoms with Crippen LogP contribution in [0.15, 0.2) is 33.2 Å². The summed E-state index contributed by atoms with van der Waals surface area (Å²) in [6.45, 7) is 6.50. The Labute approximate surface area is 350 Å². The Kier molecular flexibility index (Phi) is 27.6. The van der Waals surface area contributed by atoms with Crippen molar-refractivity contribution in [2.45, 2.75) is 0 Å². The zero-order valence-corrected chi connectivity index (χ0v) is 33.4. The number of carbonyl (C=O) groups is 1. The SMILES string of the molecule is C1COCCN1.COc1cc(F)c(Br)cc1[N+](=O)[O-].COc1cc(N2CCOCC2)c(Br)cc1[N+](=O)[O-].O=CO[O-].[H-].[K+].[K+]. The van der Waals surface area contributed by atoms with Crippen molar-refractivity contribution in [3.63, 3.8) is 0 Å². The van der Waals surface area contributed by atoms with Gasteiger partial charge in [0.15, 0.2) is 11.5 Å². The maximum absolute atomic E-state index is 12.9. The summed E-state index contributed by atoms with van der Waals surface area (Å²) in [6, 6.07) is 5.19. The largest absolute Gasteiger partial charge is 1.00 e. The molecule has 0 radical (unpaired) electrons. The van der Waals surface area contributed by atoms with Gasteiger partial charge in [-0.05, 0) is 31.9 Å². The van der Waals surface area contributed by atoms with E-state index in [2.05, 4.69) is 51.7 Å². The Hall–Kier alpha value is 0.113. The Balaban J connectivity index is -0.000000567. The van der Waals surface area contributed by atoms with Crippen LogP contribution in [0.4, 0.5) is 21.5 Å². The van der Waals surface area contributed by atoms with Crippen molar-refractivity contribution in [1.29, 1.82) is 0 Å². The average Bonchev–Trinajstić information content (AvgIpc) is 3.00. The summed E-state index contributed by atoms with van der Waals surface area (Å²) < 4.78 is 33.6. The summed E-state index contributed by atoms with van der Waals surface area (Å²) in [5.74, 6) is -0.419. The minimum Gasteiger partial charge on any atom is -1.00 e. The molecule has 43 heavy (non-hydrogen) atoms. The molecule has 0 saturated carbocycles. The molecule has 0 amide bonds. The second-order valence-electron chi connectivity index (χ2n) is 7.58. The molecule has 2 fully saturated rings. The van der Waals surface area contributed by atoms with E-state index in [1.54, 1.807) is 6.07 Å². The molecule has 2 aliphatic heterocycles. The van der Waals surface area contributed by atoms with Crippen LogP contribution in [-0.2, 0) is 19.2 Å². The van der Waals surface area contributed by atoms with Crippen LogP contribution in [0.25, 0.3) is 0 Å². The first kappa shape index (κ1) is 45.2. The number of rotatable bonds is 6. The van der Waals surface area contributed by atoms with Gasteiger partial charge in [0.25, 0.3) is 6.47 Å². The predicted octanol–water partition coefficient (Wildman–Crippen LogP) is -3.13. The minimum absolute atomic E-state index is 0. The summed E-state index contributed by atoms with van der Waals surface area (Å²) >= 11 is 6.21. The maximum Gasteiger partial charge on any atom is 1.00 e. The Bertz CT molecular complexity index is 1140. The molecule has 0 spiro atoms. The quantitative estimate of drug-likeness (QED) is 0.102. The number of benzene rings is 2. The molecular weight excluding hydrogens is 765 g/mol. The summed E-state index contributed by atoms with van der Waals surface area (Å²) in [7, 11) is 2.68. The van der Waals surface area contributed by atoms with Crippen molar-refractivity contribution < 1.29 is 152 Å². The van der Waals surface area contributed by atoms with Crippen molar-refractivity contribution in [3.8, 4) is 11.5 Å². The van der Waals surface area contributed by atoms with Crippen molar-refractivity contribution in [3.05, 3.63) is 59.3 Å². The molecule has 2 saturated heterocycles. The molecule has 2 aromatic carbocycles. The number of halogens is 3. The molecule has 4 rings (SSSR count). The molecule has 0 aliphatic carbocycles. The van der Waals surface area contributed by atoms with Gasteiger partial charge in [-0.25, -0.2) is 4.39 Å². The number of ether oxygens (including phenoxy) is 4. The molecule has 0 aromatic heterocycles. The number of nitro groups is 2. The van der Waals surface area contributed by atoms with Crippen molar-refractivity contribution in [1.82, 2.24) is 5.32 Å². The van der Waals surface area contributed by atoms with Crippen LogP contribution in [0.1, 0.15) is 1.43 Å². The Morgan fingerprint density at radius 3 is 1.72 bits per heavy atom. The number of hydrogen-bond acceptors (Lipinski definition) is 13. The number of anilines is 1. The van der Waals surface area contributed by atoms with Gasteiger partial charge in [0.05, 0.1) is 60.7 Å². The van der Waals surface area contributed by atoms with Crippen LogP contribution >= 0.6 is 31.9 Å². The Morgan fingerprint density at radius 1 is 0.907 bits per heavy atom. The molecule has 2 aliphatic rings. The first-order valence-electron chi connectivity index (χ1n) is 11.6. The molecule has 15 nitrogen and oxygen atoms in total. The van der Waals surface area contributed by atoms with E-state index < -0.39 is 15.7 Å². The van der Waals surface area contributed by atoms with Crippen LogP contribution in [0.3, 0.4) is 0 Å². The normalized spacial score (nSPS) is 13.3. The molecule has 1 N–H and O–H groups in total. The van der Waals surface area contributed by atoms with Gasteiger partial charge in [-0.1, -0.05) is 0 Å². The van der Waals surface area contributed by atoms with Gasteiger partial charge < -0.3 is 40.7 Å². The summed E-state index contributed by atoms with van der Waals surface area (Å²) in [6.07, 6.45) is 0. The number of nitro benzene ring substituents is 2. The summed E-state index contributed by atoms with van der Waals surface area (Å²) in [4.78, 5) is 33.6. The Morgan fingerprint density at radius 2 is 1.35 bits per heavy atom. The number of methoxy groups -OCH3 is 2. The molecule has 2 heterocycles. The van der Waals surface area contributed by atoms with Crippen LogP contribution in [0.5, 0.6) is 11.5 Å². The van der Waals surface area contributed by atoms with Gasteiger partial charge in [0.2, 0.25) is 0 Å². The van der Waals surface area contributed by atoms with E-state index in [0.717, 1.165) is 57.2 Å². The third-order valence-electron chi connectivity index (χ3n) is 5.10. The second-order valence-corrected chi connectivity index (χ2v) is 9.29. The molecule has 0 bridgehead atoms. The van der Waals surface area contributed by atoms with E-state index in [0.29, 0.717) is 17.7 Å². The van der Waals surface area contributed by atoms with Crippen molar-refractivity contribution in [2.24, 2.45) is 0 Å². The smallest absolute Gasteiger partial charge is 1.00 e. The van der Waals surface area contributed by atoms with Crippen molar-refractivity contribution >= 4 is 55.4 Å². The van der Waals surface area contributed by atoms with E-state index in [4.69, 9.17) is 24.3 Å². The number of nitrogens with zero attached hydrogens (tertiary/aromatic N) is 3. The fraction of sp³-hybridized carbons (Fsp3) is 0.435. The standard InChI is InChI=1S/C11H13BrN2O4.C7H5BrFNO3.C4H9NO.CH2O3.2K.H/c1-17-11-7-9(13-2-4-18-5-3-13)8(12)6-10(11)14(15)16;1-13-7-3-5(9)4(8)2-6(7)10(11)12;1-3-6-4-2-5-1;2-1-4-3;;;/h6-7H,2-5H2,1H3;2-3H,1H3;5H,1-4H2;1,3H;;;/q;;;;2*+1;-1/p-1. The van der Waals surface area contributed by atoms with Crippen molar-refractivity contribution in [2.75, 3.05) is 71.7 Å². The third-order valence-corrected chi connectivity index (χ3v) is 6.34. The number of nitrogens with one attached hydrogen (secondary N) is 1. The number of morpholine rings is 2. The van der Waals surface area contributed by atoms with E-state index in [1.807, 2.05) is 0 Å². The van der Waals surface area contributed by atoms with Gasteiger partial charge >= 0.3 is 114 Å². The van der Waals surface area contributed by atoms with Gasteiger partial charge in [0.1, 0.15) is 5.82 Å². The van der Waals surface area contributed by atoms with E-state index >= 15 is 0 Å². The van der Waals surface area contributed by atoms with Crippen LogP contribution in [0, 0.1) is 26.0 Å². The number of hydrogen-bond donors (Lipinski definition) is 1. The van der Waals surface area contributed by atoms with Gasteiger partial charge in [-0.2, -0.15) is 0 Å². The minimum atomic E-state index is -0.636. The fourth-order valence-electron chi connectivity index (χ4n) is 3.22. The van der Waals surface area contributed by atoms with E-state index in [1.165, 1.54) is 20.3 Å².